The van der Waals surface area contributed by atoms with Crippen LogP contribution in [0.3, 0.4) is 0 Å². The maximum atomic E-state index is 13.0. The molecule has 1 amide bonds. The second-order valence-electron chi connectivity index (χ2n) is 5.75. The van der Waals surface area contributed by atoms with Crippen LogP contribution in [0.1, 0.15) is 18.1 Å². The van der Waals surface area contributed by atoms with Gasteiger partial charge in [-0.05, 0) is 24.3 Å². The first-order chi connectivity index (χ1) is 14.2. The molecule has 1 aromatic carbocycles. The second kappa shape index (κ2) is 8.92. The highest BCUT2D eigenvalue weighted by atomic mass is 32.2. The molecule has 0 radical (unpaired) electrons. The third kappa shape index (κ3) is 5.23. The summed E-state index contributed by atoms with van der Waals surface area (Å²) < 4.78 is 18.2. The van der Waals surface area contributed by atoms with E-state index in [2.05, 4.69) is 35.6 Å². The molecule has 2 N–H and O–H groups in total. The average molecular weight is 431 g/mol. The standard InChI is InChI=1S/C17H14FN7O2S2/c18-11-3-1-10(2-4-11)15-22-17(24-23-15)29-9-12-20-14(27-25-12)6-5-13(26)21-16-19-7-8-28-16/h1-4,7-8H,5-6,9H2,(H,19,21,26)(H,22,23,24). The molecule has 3 heterocycles. The Labute approximate surface area is 172 Å². The fourth-order valence-electron chi connectivity index (χ4n) is 2.31. The number of hydrogen-bond acceptors (Lipinski definition) is 9. The number of benzene rings is 1. The maximum Gasteiger partial charge on any atom is 0.227 e. The molecule has 0 aliphatic carbocycles. The van der Waals surface area contributed by atoms with Crippen LogP contribution >= 0.6 is 23.1 Å². The molecule has 29 heavy (non-hydrogen) atoms. The number of halogens is 1. The van der Waals surface area contributed by atoms with Gasteiger partial charge in [0.15, 0.2) is 16.8 Å². The van der Waals surface area contributed by atoms with Crippen LogP contribution in [-0.2, 0) is 17.0 Å². The van der Waals surface area contributed by atoms with Crippen molar-refractivity contribution in [1.82, 2.24) is 30.3 Å². The lowest BCUT2D eigenvalue weighted by molar-refractivity contribution is -0.116. The number of amides is 1. The van der Waals surface area contributed by atoms with Crippen molar-refractivity contribution in [2.45, 2.75) is 23.8 Å². The average Bonchev–Trinajstić information content (AvgIpc) is 3.47. The highest BCUT2D eigenvalue weighted by Crippen LogP contribution is 2.22. The number of aromatic amines is 1. The van der Waals surface area contributed by atoms with Crippen LogP contribution in [0.2, 0.25) is 0 Å². The Balaban J connectivity index is 1.26. The predicted octanol–water partition coefficient (Wildman–Crippen LogP) is 3.31. The molecular formula is C17H14FN7O2S2. The van der Waals surface area contributed by atoms with Crippen molar-refractivity contribution in [1.29, 1.82) is 0 Å². The lowest BCUT2D eigenvalue weighted by atomic mass is 10.2. The number of H-pyrrole nitrogens is 1. The lowest BCUT2D eigenvalue weighted by Crippen LogP contribution is -2.12. The first-order valence-electron chi connectivity index (χ1n) is 8.47. The van der Waals surface area contributed by atoms with Crippen LogP contribution in [0.15, 0.2) is 45.5 Å². The molecule has 0 saturated carbocycles. The van der Waals surface area contributed by atoms with Crippen molar-refractivity contribution >= 4 is 34.1 Å². The van der Waals surface area contributed by atoms with Crippen molar-refractivity contribution in [3.8, 4) is 11.4 Å². The van der Waals surface area contributed by atoms with Gasteiger partial charge < -0.3 is 9.84 Å². The Morgan fingerprint density at radius 1 is 1.28 bits per heavy atom. The minimum Gasteiger partial charge on any atom is -0.339 e. The topological polar surface area (TPSA) is 122 Å². The number of rotatable bonds is 8. The number of anilines is 1. The normalized spacial score (nSPS) is 10.9. The highest BCUT2D eigenvalue weighted by molar-refractivity contribution is 7.98. The van der Waals surface area contributed by atoms with E-state index in [0.717, 1.165) is 5.56 Å². The minimum atomic E-state index is -0.309. The number of thioether (sulfide) groups is 1. The van der Waals surface area contributed by atoms with Crippen molar-refractivity contribution in [2.24, 2.45) is 0 Å². The largest absolute Gasteiger partial charge is 0.339 e. The van der Waals surface area contributed by atoms with Crippen LogP contribution in [0, 0.1) is 5.82 Å². The van der Waals surface area contributed by atoms with Gasteiger partial charge in [0.25, 0.3) is 0 Å². The van der Waals surface area contributed by atoms with Gasteiger partial charge in [-0.2, -0.15) is 4.98 Å². The Kier molecular flexibility index (Phi) is 5.91. The summed E-state index contributed by atoms with van der Waals surface area (Å²) in [5.41, 5.74) is 0.739. The Hall–Kier alpha value is -3.12. The van der Waals surface area contributed by atoms with E-state index in [-0.39, 0.29) is 18.1 Å². The number of carbonyl (C=O) groups is 1. The van der Waals surface area contributed by atoms with Crippen LogP contribution in [-0.4, -0.2) is 36.2 Å². The molecule has 0 bridgehead atoms. The molecule has 0 atom stereocenters. The van der Waals surface area contributed by atoms with E-state index in [1.54, 1.807) is 23.7 Å². The molecule has 4 aromatic rings. The van der Waals surface area contributed by atoms with Gasteiger partial charge in [-0.15, -0.1) is 16.4 Å². The van der Waals surface area contributed by atoms with Gasteiger partial charge in [0.1, 0.15) is 5.82 Å². The lowest BCUT2D eigenvalue weighted by Gasteiger charge is -1.98. The summed E-state index contributed by atoms with van der Waals surface area (Å²) in [5.74, 6) is 1.36. The van der Waals surface area contributed by atoms with Gasteiger partial charge in [-0.3, -0.25) is 9.89 Å². The second-order valence-corrected chi connectivity index (χ2v) is 7.59. The van der Waals surface area contributed by atoms with Gasteiger partial charge >= 0.3 is 0 Å². The van der Waals surface area contributed by atoms with Gasteiger partial charge in [-0.25, -0.2) is 14.4 Å². The Morgan fingerprint density at radius 2 is 2.14 bits per heavy atom. The van der Waals surface area contributed by atoms with Crippen LogP contribution < -0.4 is 5.32 Å². The summed E-state index contributed by atoms with van der Waals surface area (Å²) in [6.45, 7) is 0. The molecule has 0 unspecified atom stereocenters. The maximum absolute atomic E-state index is 13.0. The first-order valence-corrected chi connectivity index (χ1v) is 10.3. The summed E-state index contributed by atoms with van der Waals surface area (Å²) in [6.07, 6.45) is 2.18. The van der Waals surface area contributed by atoms with E-state index in [0.29, 0.717) is 40.0 Å². The summed E-state index contributed by atoms with van der Waals surface area (Å²) in [7, 11) is 0. The van der Waals surface area contributed by atoms with Gasteiger partial charge in [0.05, 0.1) is 5.75 Å². The zero-order valence-electron chi connectivity index (χ0n) is 14.8. The van der Waals surface area contributed by atoms with Crippen LogP contribution in [0.5, 0.6) is 0 Å². The third-order valence-electron chi connectivity index (χ3n) is 3.67. The smallest absolute Gasteiger partial charge is 0.227 e. The quantitative estimate of drug-likeness (QED) is 0.407. The van der Waals surface area contributed by atoms with E-state index < -0.39 is 0 Å². The number of nitrogens with one attached hydrogen (secondary N) is 2. The number of thiazole rings is 1. The van der Waals surface area contributed by atoms with Crippen molar-refractivity contribution < 1.29 is 13.7 Å². The van der Waals surface area contributed by atoms with E-state index >= 15 is 0 Å². The number of carbonyl (C=O) groups excluding carboxylic acids is 1. The van der Waals surface area contributed by atoms with Gasteiger partial charge in [0.2, 0.25) is 17.0 Å². The third-order valence-corrected chi connectivity index (χ3v) is 5.20. The highest BCUT2D eigenvalue weighted by Gasteiger charge is 2.12. The Morgan fingerprint density at radius 3 is 2.93 bits per heavy atom. The van der Waals surface area contributed by atoms with E-state index in [4.69, 9.17) is 4.52 Å². The predicted molar refractivity (Wildman–Crippen MR) is 105 cm³/mol. The molecule has 4 rings (SSSR count). The molecule has 3 aromatic heterocycles. The summed E-state index contributed by atoms with van der Waals surface area (Å²) >= 11 is 2.69. The summed E-state index contributed by atoms with van der Waals surface area (Å²) in [4.78, 5) is 24.5. The van der Waals surface area contributed by atoms with Crippen molar-refractivity contribution in [3.05, 3.63) is 53.4 Å². The molecule has 0 aliphatic rings. The molecule has 0 aliphatic heterocycles. The summed E-state index contributed by atoms with van der Waals surface area (Å²) in [5, 5.41) is 16.4. The first kappa shape index (κ1) is 19.2. The Bertz CT molecular complexity index is 1080. The molecular weight excluding hydrogens is 417 g/mol. The molecule has 0 fully saturated rings. The molecule has 12 heteroatoms. The van der Waals surface area contributed by atoms with E-state index in [1.165, 1.54) is 35.2 Å². The number of aryl methyl sites for hydroxylation is 1. The van der Waals surface area contributed by atoms with E-state index in [9.17, 15) is 9.18 Å². The molecule has 9 nitrogen and oxygen atoms in total. The summed E-state index contributed by atoms with van der Waals surface area (Å²) in [6, 6.07) is 5.98. The number of nitrogens with zero attached hydrogens (tertiary/aromatic N) is 5. The molecule has 0 spiro atoms. The van der Waals surface area contributed by atoms with Gasteiger partial charge in [0, 0.05) is 30.0 Å². The number of aromatic nitrogens is 6. The van der Waals surface area contributed by atoms with Crippen LogP contribution in [0.4, 0.5) is 9.52 Å². The molecule has 0 saturated heterocycles. The number of hydrogen-bond donors (Lipinski definition) is 2. The molecule has 148 valence electrons. The minimum absolute atomic E-state index is 0.164. The van der Waals surface area contributed by atoms with Gasteiger partial charge in [-0.1, -0.05) is 16.9 Å². The van der Waals surface area contributed by atoms with Crippen molar-refractivity contribution in [3.63, 3.8) is 0 Å². The van der Waals surface area contributed by atoms with E-state index in [1.807, 2.05) is 0 Å². The van der Waals surface area contributed by atoms with Crippen molar-refractivity contribution in [2.75, 3.05) is 5.32 Å². The zero-order chi connectivity index (χ0) is 20.1. The fourth-order valence-corrected chi connectivity index (χ4v) is 3.50. The zero-order valence-corrected chi connectivity index (χ0v) is 16.5. The van der Waals surface area contributed by atoms with Crippen LogP contribution in [0.25, 0.3) is 11.4 Å². The SMILES string of the molecule is O=C(CCc1nc(CSc2n[nH]c(-c3ccc(F)cc3)n2)no1)Nc1nccs1. The fraction of sp³-hybridized carbons (Fsp3) is 0.176. The monoisotopic (exact) mass is 431 g/mol.